The van der Waals surface area contributed by atoms with Crippen LogP contribution in [-0.4, -0.2) is 19.0 Å². The molecule has 1 aliphatic carbocycles. The molecule has 0 spiro atoms. The van der Waals surface area contributed by atoms with Crippen LogP contribution in [0.2, 0.25) is 0 Å². The SMILES string of the molecule is CC(C)CCCOCCC1CCCC1=O. The maximum atomic E-state index is 11.3. The van der Waals surface area contributed by atoms with Crippen molar-refractivity contribution >= 4 is 5.78 Å². The van der Waals surface area contributed by atoms with Gasteiger partial charge in [-0.15, -0.1) is 0 Å². The second-order valence-corrected chi connectivity index (χ2v) is 4.99. The van der Waals surface area contributed by atoms with Crippen LogP contribution < -0.4 is 0 Å². The third-order valence-electron chi connectivity index (χ3n) is 3.11. The summed E-state index contributed by atoms with van der Waals surface area (Å²) in [6.45, 7) is 6.10. The van der Waals surface area contributed by atoms with Crippen LogP contribution in [0.3, 0.4) is 0 Å². The van der Waals surface area contributed by atoms with Crippen molar-refractivity contribution in [1.29, 1.82) is 0 Å². The van der Waals surface area contributed by atoms with E-state index in [0.717, 1.165) is 51.2 Å². The van der Waals surface area contributed by atoms with E-state index in [4.69, 9.17) is 4.74 Å². The Balaban J connectivity index is 1.90. The maximum absolute atomic E-state index is 11.3. The van der Waals surface area contributed by atoms with Crippen LogP contribution in [0.1, 0.15) is 52.4 Å². The summed E-state index contributed by atoms with van der Waals surface area (Å²) < 4.78 is 5.54. The molecule has 1 atom stereocenters. The standard InChI is InChI=1S/C13H24O2/c1-11(2)5-4-9-15-10-8-12-6-3-7-13(12)14/h11-12H,3-10H2,1-2H3. The van der Waals surface area contributed by atoms with E-state index >= 15 is 0 Å². The van der Waals surface area contributed by atoms with Crippen LogP contribution in [0.4, 0.5) is 0 Å². The van der Waals surface area contributed by atoms with Gasteiger partial charge in [0.1, 0.15) is 5.78 Å². The van der Waals surface area contributed by atoms with Gasteiger partial charge in [-0.25, -0.2) is 0 Å². The lowest BCUT2D eigenvalue weighted by Crippen LogP contribution is -2.10. The van der Waals surface area contributed by atoms with Gasteiger partial charge >= 0.3 is 0 Å². The highest BCUT2D eigenvalue weighted by Gasteiger charge is 2.23. The quantitative estimate of drug-likeness (QED) is 0.606. The zero-order valence-corrected chi connectivity index (χ0v) is 10.1. The molecule has 0 aliphatic heterocycles. The summed E-state index contributed by atoms with van der Waals surface area (Å²) in [6, 6.07) is 0. The second-order valence-electron chi connectivity index (χ2n) is 4.99. The van der Waals surface area contributed by atoms with Crippen molar-refractivity contribution in [3.63, 3.8) is 0 Å². The van der Waals surface area contributed by atoms with Crippen LogP contribution >= 0.6 is 0 Å². The Hall–Kier alpha value is -0.370. The van der Waals surface area contributed by atoms with Gasteiger partial charge in [-0.2, -0.15) is 0 Å². The zero-order chi connectivity index (χ0) is 11.1. The monoisotopic (exact) mass is 212 g/mol. The molecule has 2 nitrogen and oxygen atoms in total. The number of carbonyl (C=O) groups is 1. The number of rotatable bonds is 7. The molecule has 15 heavy (non-hydrogen) atoms. The van der Waals surface area contributed by atoms with Crippen LogP contribution in [0, 0.1) is 11.8 Å². The predicted molar refractivity (Wildman–Crippen MR) is 61.9 cm³/mol. The Bertz CT molecular complexity index is 187. The molecule has 0 bridgehead atoms. The van der Waals surface area contributed by atoms with Crippen molar-refractivity contribution < 1.29 is 9.53 Å². The predicted octanol–water partition coefficient (Wildman–Crippen LogP) is 3.20. The Morgan fingerprint density at radius 3 is 2.80 bits per heavy atom. The number of hydrogen-bond acceptors (Lipinski definition) is 2. The van der Waals surface area contributed by atoms with E-state index in [-0.39, 0.29) is 0 Å². The number of ketones is 1. The maximum Gasteiger partial charge on any atom is 0.136 e. The first-order valence-electron chi connectivity index (χ1n) is 6.30. The van der Waals surface area contributed by atoms with Crippen LogP contribution in [0.15, 0.2) is 0 Å². The number of carbonyl (C=O) groups excluding carboxylic acids is 1. The van der Waals surface area contributed by atoms with Crippen molar-refractivity contribution in [3.8, 4) is 0 Å². The van der Waals surface area contributed by atoms with Gasteiger partial charge in [0.05, 0.1) is 0 Å². The average molecular weight is 212 g/mol. The minimum atomic E-state index is 0.315. The molecule has 0 aromatic carbocycles. The van der Waals surface area contributed by atoms with Gasteiger partial charge in [-0.05, 0) is 38.0 Å². The normalized spacial score (nSPS) is 21.5. The van der Waals surface area contributed by atoms with E-state index in [9.17, 15) is 4.79 Å². The zero-order valence-electron chi connectivity index (χ0n) is 10.1. The summed E-state index contributed by atoms with van der Waals surface area (Å²) in [5.74, 6) is 1.54. The fourth-order valence-corrected chi connectivity index (χ4v) is 2.11. The molecule has 1 aliphatic rings. The Morgan fingerprint density at radius 1 is 1.40 bits per heavy atom. The van der Waals surface area contributed by atoms with Crippen molar-refractivity contribution in [2.45, 2.75) is 52.4 Å². The summed E-state index contributed by atoms with van der Waals surface area (Å²) in [4.78, 5) is 11.3. The largest absolute Gasteiger partial charge is 0.381 e. The minimum Gasteiger partial charge on any atom is -0.381 e. The van der Waals surface area contributed by atoms with Crippen LogP contribution in [0.25, 0.3) is 0 Å². The van der Waals surface area contributed by atoms with E-state index in [1.165, 1.54) is 6.42 Å². The van der Waals surface area contributed by atoms with Gasteiger partial charge in [0.25, 0.3) is 0 Å². The summed E-state index contributed by atoms with van der Waals surface area (Å²) in [5, 5.41) is 0. The molecular weight excluding hydrogens is 188 g/mol. The van der Waals surface area contributed by atoms with Crippen LogP contribution in [-0.2, 0) is 9.53 Å². The third-order valence-corrected chi connectivity index (χ3v) is 3.11. The number of hydrogen-bond donors (Lipinski definition) is 0. The van der Waals surface area contributed by atoms with Gasteiger partial charge in [0.15, 0.2) is 0 Å². The van der Waals surface area contributed by atoms with E-state index in [1.54, 1.807) is 0 Å². The molecule has 0 aromatic rings. The lowest BCUT2D eigenvalue weighted by atomic mass is 10.0. The summed E-state index contributed by atoms with van der Waals surface area (Å²) in [6.07, 6.45) is 6.32. The fourth-order valence-electron chi connectivity index (χ4n) is 2.11. The van der Waals surface area contributed by atoms with E-state index in [2.05, 4.69) is 13.8 Å². The molecule has 1 fully saturated rings. The summed E-state index contributed by atoms with van der Waals surface area (Å²) in [7, 11) is 0. The van der Waals surface area contributed by atoms with Crippen molar-refractivity contribution in [2.24, 2.45) is 11.8 Å². The van der Waals surface area contributed by atoms with E-state index in [0.29, 0.717) is 11.7 Å². The molecule has 0 aromatic heterocycles. The Morgan fingerprint density at radius 2 is 2.20 bits per heavy atom. The lowest BCUT2D eigenvalue weighted by molar-refractivity contribution is -0.121. The molecule has 0 saturated heterocycles. The average Bonchev–Trinajstić information content (AvgIpc) is 2.57. The molecule has 2 heteroatoms. The second kappa shape index (κ2) is 7.00. The van der Waals surface area contributed by atoms with E-state index < -0.39 is 0 Å². The first-order valence-corrected chi connectivity index (χ1v) is 6.30. The summed E-state index contributed by atoms with van der Waals surface area (Å²) in [5.41, 5.74) is 0. The Labute approximate surface area is 93.4 Å². The van der Waals surface area contributed by atoms with Crippen molar-refractivity contribution in [3.05, 3.63) is 0 Å². The molecule has 1 unspecified atom stereocenters. The Kier molecular flexibility index (Phi) is 5.92. The van der Waals surface area contributed by atoms with Gasteiger partial charge < -0.3 is 4.74 Å². The molecule has 0 amide bonds. The number of ether oxygens (including phenoxy) is 1. The van der Waals surface area contributed by atoms with Gasteiger partial charge in [-0.3, -0.25) is 4.79 Å². The van der Waals surface area contributed by atoms with Gasteiger partial charge in [-0.1, -0.05) is 13.8 Å². The third kappa shape index (κ3) is 5.31. The fraction of sp³-hybridized carbons (Fsp3) is 0.923. The summed E-state index contributed by atoms with van der Waals surface area (Å²) >= 11 is 0. The van der Waals surface area contributed by atoms with Gasteiger partial charge in [0.2, 0.25) is 0 Å². The van der Waals surface area contributed by atoms with Gasteiger partial charge in [0, 0.05) is 25.6 Å². The molecule has 1 saturated carbocycles. The van der Waals surface area contributed by atoms with Crippen molar-refractivity contribution in [2.75, 3.05) is 13.2 Å². The number of Topliss-reactive ketones (excluding diaryl/α,β-unsaturated/α-hetero) is 1. The molecule has 0 heterocycles. The molecular formula is C13H24O2. The topological polar surface area (TPSA) is 26.3 Å². The molecule has 88 valence electrons. The molecule has 0 radical (unpaired) electrons. The molecule has 0 N–H and O–H groups in total. The van der Waals surface area contributed by atoms with Crippen LogP contribution in [0.5, 0.6) is 0 Å². The first-order chi connectivity index (χ1) is 7.20. The minimum absolute atomic E-state index is 0.315. The highest BCUT2D eigenvalue weighted by Crippen LogP contribution is 2.24. The highest BCUT2D eigenvalue weighted by atomic mass is 16.5. The lowest BCUT2D eigenvalue weighted by Gasteiger charge is -2.09. The first kappa shape index (κ1) is 12.7. The highest BCUT2D eigenvalue weighted by molar-refractivity contribution is 5.82. The molecule has 1 rings (SSSR count). The van der Waals surface area contributed by atoms with Crippen molar-refractivity contribution in [1.82, 2.24) is 0 Å². The van der Waals surface area contributed by atoms with E-state index in [1.807, 2.05) is 0 Å². The smallest absolute Gasteiger partial charge is 0.136 e.